The third-order valence-corrected chi connectivity index (χ3v) is 4.05. The van der Waals surface area contributed by atoms with Crippen LogP contribution in [-0.2, 0) is 4.79 Å². The number of piperidine rings is 1. The molecule has 0 spiro atoms. The van der Waals surface area contributed by atoms with E-state index in [1.165, 1.54) is 12.8 Å². The summed E-state index contributed by atoms with van der Waals surface area (Å²) in [6.07, 6.45) is 8.17. The lowest BCUT2D eigenvalue weighted by molar-refractivity contribution is -0.117. The van der Waals surface area contributed by atoms with Gasteiger partial charge in [-0.05, 0) is 37.3 Å². The standard InChI is InChI=1S/C16H20N2O/c19-16(9-6-12-4-2-1-3-5-12)18-15-10-13-7-8-14(11-15)17-13/h1-6,9,13-15,17H,7-8,10-11H2,(H,18,19). The number of carbonyl (C=O) groups is 1. The van der Waals surface area contributed by atoms with E-state index in [1.807, 2.05) is 36.4 Å². The third kappa shape index (κ3) is 3.24. The number of amides is 1. The average molecular weight is 256 g/mol. The molecule has 2 aliphatic heterocycles. The normalized spacial score (nSPS) is 29.6. The summed E-state index contributed by atoms with van der Waals surface area (Å²) < 4.78 is 0. The van der Waals surface area contributed by atoms with E-state index in [1.54, 1.807) is 6.08 Å². The molecular weight excluding hydrogens is 236 g/mol. The quantitative estimate of drug-likeness (QED) is 0.813. The number of benzene rings is 1. The summed E-state index contributed by atoms with van der Waals surface area (Å²) in [6, 6.07) is 11.5. The fourth-order valence-corrected chi connectivity index (χ4v) is 3.16. The predicted molar refractivity (Wildman–Crippen MR) is 76.6 cm³/mol. The first-order valence-electron chi connectivity index (χ1n) is 7.09. The van der Waals surface area contributed by atoms with Crippen LogP contribution in [-0.4, -0.2) is 24.0 Å². The average Bonchev–Trinajstić information content (AvgIpc) is 2.77. The summed E-state index contributed by atoms with van der Waals surface area (Å²) in [4.78, 5) is 11.9. The first-order valence-corrected chi connectivity index (χ1v) is 7.09. The molecule has 0 aliphatic carbocycles. The van der Waals surface area contributed by atoms with E-state index in [-0.39, 0.29) is 5.91 Å². The lowest BCUT2D eigenvalue weighted by Gasteiger charge is -2.29. The van der Waals surface area contributed by atoms with Gasteiger partial charge in [0.05, 0.1) is 0 Å². The summed E-state index contributed by atoms with van der Waals surface area (Å²) in [6.45, 7) is 0. The maximum Gasteiger partial charge on any atom is 0.244 e. The van der Waals surface area contributed by atoms with Gasteiger partial charge in [0, 0.05) is 24.2 Å². The molecule has 0 radical (unpaired) electrons. The van der Waals surface area contributed by atoms with Crippen LogP contribution in [0.15, 0.2) is 36.4 Å². The minimum absolute atomic E-state index is 0.0233. The monoisotopic (exact) mass is 256 g/mol. The largest absolute Gasteiger partial charge is 0.350 e. The zero-order valence-corrected chi connectivity index (χ0v) is 11.0. The van der Waals surface area contributed by atoms with Gasteiger partial charge in [0.1, 0.15) is 0 Å². The SMILES string of the molecule is O=C(C=Cc1ccccc1)NC1CC2CCC(C1)N2. The smallest absolute Gasteiger partial charge is 0.244 e. The van der Waals surface area contributed by atoms with Crippen molar-refractivity contribution in [2.45, 2.75) is 43.8 Å². The maximum atomic E-state index is 11.9. The molecule has 2 atom stereocenters. The molecule has 19 heavy (non-hydrogen) atoms. The highest BCUT2D eigenvalue weighted by Gasteiger charge is 2.33. The summed E-state index contributed by atoms with van der Waals surface area (Å²) in [5.41, 5.74) is 1.06. The van der Waals surface area contributed by atoms with Crippen LogP contribution in [0, 0.1) is 0 Å². The van der Waals surface area contributed by atoms with Crippen LogP contribution < -0.4 is 10.6 Å². The molecule has 2 heterocycles. The first kappa shape index (κ1) is 12.4. The molecule has 100 valence electrons. The van der Waals surface area contributed by atoms with Crippen LogP contribution in [0.25, 0.3) is 6.08 Å². The highest BCUT2D eigenvalue weighted by molar-refractivity contribution is 5.91. The van der Waals surface area contributed by atoms with Gasteiger partial charge in [-0.2, -0.15) is 0 Å². The Morgan fingerprint density at radius 1 is 1.16 bits per heavy atom. The Kier molecular flexibility index (Phi) is 3.65. The van der Waals surface area contributed by atoms with Gasteiger partial charge < -0.3 is 10.6 Å². The molecule has 0 saturated carbocycles. The van der Waals surface area contributed by atoms with Gasteiger partial charge in [0.25, 0.3) is 0 Å². The van der Waals surface area contributed by atoms with Gasteiger partial charge in [-0.25, -0.2) is 0 Å². The Hall–Kier alpha value is -1.61. The lowest BCUT2D eigenvalue weighted by Crippen LogP contribution is -2.47. The van der Waals surface area contributed by atoms with Crippen LogP contribution in [0.2, 0.25) is 0 Å². The molecule has 2 bridgehead atoms. The van der Waals surface area contributed by atoms with Crippen LogP contribution in [0.5, 0.6) is 0 Å². The molecule has 1 aromatic carbocycles. The molecule has 2 saturated heterocycles. The van der Waals surface area contributed by atoms with E-state index in [0.29, 0.717) is 18.1 Å². The van der Waals surface area contributed by atoms with Gasteiger partial charge in [-0.15, -0.1) is 0 Å². The van der Waals surface area contributed by atoms with Crippen molar-refractivity contribution >= 4 is 12.0 Å². The number of hydrogen-bond acceptors (Lipinski definition) is 2. The van der Waals surface area contributed by atoms with Crippen molar-refractivity contribution in [3.05, 3.63) is 42.0 Å². The molecule has 2 N–H and O–H groups in total. The minimum atomic E-state index is 0.0233. The zero-order valence-electron chi connectivity index (χ0n) is 11.0. The Labute approximate surface area is 114 Å². The third-order valence-electron chi connectivity index (χ3n) is 4.05. The molecule has 3 nitrogen and oxygen atoms in total. The fraction of sp³-hybridized carbons (Fsp3) is 0.438. The molecule has 1 aromatic rings. The van der Waals surface area contributed by atoms with Crippen LogP contribution >= 0.6 is 0 Å². The summed E-state index contributed by atoms with van der Waals surface area (Å²) >= 11 is 0. The summed E-state index contributed by atoms with van der Waals surface area (Å²) in [7, 11) is 0. The zero-order chi connectivity index (χ0) is 13.1. The second-order valence-corrected chi connectivity index (χ2v) is 5.56. The first-order chi connectivity index (χ1) is 9.29. The van der Waals surface area contributed by atoms with Gasteiger partial charge in [0.15, 0.2) is 0 Å². The van der Waals surface area contributed by atoms with Gasteiger partial charge in [-0.1, -0.05) is 30.3 Å². The minimum Gasteiger partial charge on any atom is -0.350 e. The van der Waals surface area contributed by atoms with Crippen molar-refractivity contribution in [1.29, 1.82) is 0 Å². The number of rotatable bonds is 3. The van der Waals surface area contributed by atoms with Gasteiger partial charge in [-0.3, -0.25) is 4.79 Å². The van der Waals surface area contributed by atoms with E-state index in [0.717, 1.165) is 18.4 Å². The second kappa shape index (κ2) is 5.57. The molecule has 3 heteroatoms. The van der Waals surface area contributed by atoms with Crippen LogP contribution in [0.3, 0.4) is 0 Å². The number of fused-ring (bicyclic) bond motifs is 2. The second-order valence-electron chi connectivity index (χ2n) is 5.56. The van der Waals surface area contributed by atoms with E-state index in [9.17, 15) is 4.79 Å². The topological polar surface area (TPSA) is 41.1 Å². The van der Waals surface area contributed by atoms with Crippen LogP contribution in [0.4, 0.5) is 0 Å². The molecule has 2 fully saturated rings. The van der Waals surface area contributed by atoms with Crippen molar-refractivity contribution in [2.24, 2.45) is 0 Å². The van der Waals surface area contributed by atoms with Crippen molar-refractivity contribution < 1.29 is 4.79 Å². The van der Waals surface area contributed by atoms with Crippen molar-refractivity contribution in [2.75, 3.05) is 0 Å². The molecule has 3 rings (SSSR count). The Morgan fingerprint density at radius 2 is 1.84 bits per heavy atom. The van der Waals surface area contributed by atoms with Crippen molar-refractivity contribution in [3.8, 4) is 0 Å². The Bertz CT molecular complexity index is 457. The number of nitrogens with one attached hydrogen (secondary N) is 2. The molecule has 2 aliphatic rings. The fourth-order valence-electron chi connectivity index (χ4n) is 3.16. The van der Waals surface area contributed by atoms with E-state index in [2.05, 4.69) is 10.6 Å². The molecular formula is C16H20N2O. The number of carbonyl (C=O) groups excluding carboxylic acids is 1. The summed E-state index contributed by atoms with van der Waals surface area (Å²) in [5, 5.41) is 6.71. The van der Waals surface area contributed by atoms with Crippen molar-refractivity contribution in [1.82, 2.24) is 10.6 Å². The van der Waals surface area contributed by atoms with Gasteiger partial charge in [0.2, 0.25) is 5.91 Å². The van der Waals surface area contributed by atoms with E-state index in [4.69, 9.17) is 0 Å². The Balaban J connectivity index is 1.53. The Morgan fingerprint density at radius 3 is 2.53 bits per heavy atom. The number of hydrogen-bond donors (Lipinski definition) is 2. The summed E-state index contributed by atoms with van der Waals surface area (Å²) in [5.74, 6) is 0.0233. The predicted octanol–water partition coefficient (Wildman–Crippen LogP) is 2.10. The molecule has 1 amide bonds. The lowest BCUT2D eigenvalue weighted by atomic mass is 10.00. The van der Waals surface area contributed by atoms with Crippen LogP contribution in [0.1, 0.15) is 31.2 Å². The van der Waals surface area contributed by atoms with E-state index < -0.39 is 0 Å². The van der Waals surface area contributed by atoms with Gasteiger partial charge >= 0.3 is 0 Å². The highest BCUT2D eigenvalue weighted by Crippen LogP contribution is 2.26. The molecule has 2 unspecified atom stereocenters. The maximum absolute atomic E-state index is 11.9. The molecule has 0 aromatic heterocycles. The highest BCUT2D eigenvalue weighted by atomic mass is 16.1. The van der Waals surface area contributed by atoms with Crippen molar-refractivity contribution in [3.63, 3.8) is 0 Å². The van der Waals surface area contributed by atoms with E-state index >= 15 is 0 Å².